The van der Waals surface area contributed by atoms with Crippen LogP contribution in [0.5, 0.6) is 0 Å². The van der Waals surface area contributed by atoms with Gasteiger partial charge in [0.05, 0.1) is 6.23 Å². The van der Waals surface area contributed by atoms with Gasteiger partial charge in [-0.1, -0.05) is 6.92 Å². The zero-order valence-electron chi connectivity index (χ0n) is 9.45. The van der Waals surface area contributed by atoms with E-state index in [0.717, 1.165) is 6.42 Å². The van der Waals surface area contributed by atoms with Gasteiger partial charge < -0.3 is 24.7 Å². The number of hydrogen-bond donors (Lipinski definition) is 2. The van der Waals surface area contributed by atoms with E-state index in [1.807, 2.05) is 13.8 Å². The summed E-state index contributed by atoms with van der Waals surface area (Å²) in [7, 11) is 0.499. The van der Waals surface area contributed by atoms with E-state index in [9.17, 15) is 0 Å². The van der Waals surface area contributed by atoms with Crippen molar-refractivity contribution in [3.8, 4) is 0 Å². The molecule has 0 bridgehead atoms. The van der Waals surface area contributed by atoms with Crippen LogP contribution in [0.1, 0.15) is 20.3 Å². The van der Waals surface area contributed by atoms with Gasteiger partial charge in [0.25, 0.3) is 0 Å². The Hall–Kier alpha value is 0.0169. The monoisotopic (exact) mass is 222 g/mol. The lowest BCUT2D eigenvalue weighted by Crippen LogP contribution is -2.51. The van der Waals surface area contributed by atoms with E-state index in [2.05, 4.69) is 0 Å². The SMILES string of the molecule is CCC(N)O[Si](CC(C)N)(OC)OC. The summed E-state index contributed by atoms with van der Waals surface area (Å²) >= 11 is 0. The van der Waals surface area contributed by atoms with Gasteiger partial charge in [0.2, 0.25) is 0 Å². The van der Waals surface area contributed by atoms with Crippen LogP contribution in [0.3, 0.4) is 0 Å². The van der Waals surface area contributed by atoms with Crippen LogP contribution in [0.15, 0.2) is 0 Å². The van der Waals surface area contributed by atoms with Gasteiger partial charge in [-0.3, -0.25) is 0 Å². The van der Waals surface area contributed by atoms with Gasteiger partial charge >= 0.3 is 8.80 Å². The Kier molecular flexibility index (Phi) is 6.50. The average Bonchev–Trinajstić information content (AvgIpc) is 2.15. The van der Waals surface area contributed by atoms with Crippen molar-refractivity contribution < 1.29 is 13.3 Å². The molecule has 0 aliphatic heterocycles. The molecule has 86 valence electrons. The highest BCUT2D eigenvalue weighted by Gasteiger charge is 2.41. The minimum atomic E-state index is -2.64. The standard InChI is InChI=1S/C8H22N2O3Si/c1-5-8(10)13-14(11-3,12-4)6-7(2)9/h7-8H,5-6,9-10H2,1-4H3. The third-order valence-corrected chi connectivity index (χ3v) is 4.98. The fourth-order valence-corrected chi connectivity index (χ4v) is 3.31. The Bertz CT molecular complexity index is 154. The lowest BCUT2D eigenvalue weighted by atomic mass is 10.4. The van der Waals surface area contributed by atoms with Crippen molar-refractivity contribution in [2.24, 2.45) is 11.5 Å². The molecule has 0 aliphatic carbocycles. The Morgan fingerprint density at radius 2 is 1.71 bits per heavy atom. The van der Waals surface area contributed by atoms with Crippen molar-refractivity contribution in [3.05, 3.63) is 0 Å². The second-order valence-electron chi connectivity index (χ2n) is 3.34. The molecule has 4 N–H and O–H groups in total. The summed E-state index contributed by atoms with van der Waals surface area (Å²) in [5.41, 5.74) is 11.4. The third-order valence-electron chi connectivity index (χ3n) is 1.93. The predicted octanol–water partition coefficient (Wildman–Crippen LogP) is 0.277. The largest absolute Gasteiger partial charge is 0.503 e. The predicted molar refractivity (Wildman–Crippen MR) is 57.6 cm³/mol. The van der Waals surface area contributed by atoms with Crippen LogP contribution < -0.4 is 11.5 Å². The summed E-state index contributed by atoms with van der Waals surface area (Å²) in [5.74, 6) is 0. The summed E-state index contributed by atoms with van der Waals surface area (Å²) in [4.78, 5) is 0. The van der Waals surface area contributed by atoms with Gasteiger partial charge in [-0.2, -0.15) is 0 Å². The Balaban J connectivity index is 4.36. The molecule has 0 fully saturated rings. The zero-order valence-corrected chi connectivity index (χ0v) is 10.4. The summed E-state index contributed by atoms with van der Waals surface area (Å²) in [6.07, 6.45) is 0.376. The van der Waals surface area contributed by atoms with Crippen LogP contribution in [0, 0.1) is 0 Å². The van der Waals surface area contributed by atoms with Crippen LogP contribution in [0.25, 0.3) is 0 Å². The molecule has 2 unspecified atom stereocenters. The number of nitrogens with two attached hydrogens (primary N) is 2. The minimum Gasteiger partial charge on any atom is -0.377 e. The molecule has 0 saturated heterocycles. The van der Waals surface area contributed by atoms with Crippen molar-refractivity contribution in [2.45, 2.75) is 38.6 Å². The molecule has 0 heterocycles. The van der Waals surface area contributed by atoms with Crippen LogP contribution in [0.4, 0.5) is 0 Å². The van der Waals surface area contributed by atoms with Gasteiger partial charge in [-0.25, -0.2) is 0 Å². The fourth-order valence-electron chi connectivity index (χ4n) is 1.10. The minimum absolute atomic E-state index is 0.0226. The maximum Gasteiger partial charge on any atom is 0.503 e. The summed E-state index contributed by atoms with van der Waals surface area (Å²) in [6.45, 7) is 3.83. The van der Waals surface area contributed by atoms with Crippen LogP contribution in [0.2, 0.25) is 6.04 Å². The first-order valence-electron chi connectivity index (χ1n) is 4.79. The quantitative estimate of drug-likeness (QED) is 0.477. The Morgan fingerprint density at radius 3 is 2.00 bits per heavy atom. The molecule has 0 aromatic rings. The van der Waals surface area contributed by atoms with Crippen molar-refractivity contribution in [1.82, 2.24) is 0 Å². The first-order chi connectivity index (χ1) is 6.49. The van der Waals surface area contributed by atoms with Crippen molar-refractivity contribution >= 4 is 8.80 Å². The fraction of sp³-hybridized carbons (Fsp3) is 1.00. The van der Waals surface area contributed by atoms with E-state index in [0.29, 0.717) is 6.04 Å². The first kappa shape index (κ1) is 14.0. The lowest BCUT2D eigenvalue weighted by molar-refractivity contribution is 0.0549. The van der Waals surface area contributed by atoms with Crippen molar-refractivity contribution in [1.29, 1.82) is 0 Å². The Morgan fingerprint density at radius 1 is 1.21 bits per heavy atom. The molecule has 0 rings (SSSR count). The highest BCUT2D eigenvalue weighted by molar-refractivity contribution is 6.60. The third kappa shape index (κ3) is 4.49. The lowest BCUT2D eigenvalue weighted by Gasteiger charge is -2.30. The molecule has 6 heteroatoms. The van der Waals surface area contributed by atoms with E-state index < -0.39 is 8.80 Å². The van der Waals surface area contributed by atoms with Gasteiger partial charge in [0.15, 0.2) is 0 Å². The topological polar surface area (TPSA) is 79.7 Å². The molecular formula is C8H22N2O3Si. The van der Waals surface area contributed by atoms with E-state index >= 15 is 0 Å². The van der Waals surface area contributed by atoms with E-state index in [1.54, 1.807) is 14.2 Å². The van der Waals surface area contributed by atoms with E-state index in [4.69, 9.17) is 24.7 Å². The van der Waals surface area contributed by atoms with Crippen LogP contribution >= 0.6 is 0 Å². The molecule has 0 spiro atoms. The van der Waals surface area contributed by atoms with Gasteiger partial charge in [-0.15, -0.1) is 0 Å². The first-order valence-corrected chi connectivity index (χ1v) is 6.72. The molecule has 0 amide bonds. The summed E-state index contributed by atoms with van der Waals surface area (Å²) < 4.78 is 16.2. The Labute approximate surface area is 87.1 Å². The van der Waals surface area contributed by atoms with Gasteiger partial charge in [0, 0.05) is 26.3 Å². The van der Waals surface area contributed by atoms with E-state index in [1.165, 1.54) is 0 Å². The molecule has 14 heavy (non-hydrogen) atoms. The molecule has 0 aromatic heterocycles. The second-order valence-corrected chi connectivity index (χ2v) is 6.16. The zero-order chi connectivity index (χ0) is 11.2. The molecule has 2 atom stereocenters. The second kappa shape index (κ2) is 6.49. The number of rotatable bonds is 7. The van der Waals surface area contributed by atoms with Gasteiger partial charge in [0.1, 0.15) is 0 Å². The average molecular weight is 222 g/mol. The van der Waals surface area contributed by atoms with Crippen LogP contribution in [-0.2, 0) is 13.3 Å². The summed E-state index contributed by atoms with van der Waals surface area (Å²) in [5, 5.41) is 0. The molecule has 5 nitrogen and oxygen atoms in total. The maximum atomic E-state index is 5.70. The molecule has 0 aliphatic rings. The molecular weight excluding hydrogens is 200 g/mol. The van der Waals surface area contributed by atoms with Crippen molar-refractivity contribution in [2.75, 3.05) is 14.2 Å². The van der Waals surface area contributed by atoms with Crippen molar-refractivity contribution in [3.63, 3.8) is 0 Å². The molecule has 0 saturated carbocycles. The van der Waals surface area contributed by atoms with Crippen LogP contribution in [-0.4, -0.2) is 35.3 Å². The smallest absolute Gasteiger partial charge is 0.377 e. The van der Waals surface area contributed by atoms with Gasteiger partial charge in [-0.05, 0) is 13.3 Å². The summed E-state index contributed by atoms with van der Waals surface area (Å²) in [6, 6.07) is 0.555. The molecule has 0 radical (unpaired) electrons. The van der Waals surface area contributed by atoms with E-state index in [-0.39, 0.29) is 12.3 Å². The maximum absolute atomic E-state index is 5.70. The molecule has 0 aromatic carbocycles. The number of hydrogen-bond acceptors (Lipinski definition) is 5. The highest BCUT2D eigenvalue weighted by Crippen LogP contribution is 2.17. The normalized spacial score (nSPS) is 16.7. The highest BCUT2D eigenvalue weighted by atomic mass is 28.4.